The lowest BCUT2D eigenvalue weighted by Crippen LogP contribution is -2.43. The minimum absolute atomic E-state index is 0.263. The molecule has 9 heteroatoms. The molecular weight excluding hydrogens is 492 g/mol. The van der Waals surface area contributed by atoms with Gasteiger partial charge in [0.2, 0.25) is 11.8 Å². The van der Waals surface area contributed by atoms with E-state index in [9.17, 15) is 9.59 Å². The second kappa shape index (κ2) is 10.9. The van der Waals surface area contributed by atoms with Gasteiger partial charge in [-0.25, -0.2) is 9.97 Å². The number of nitrogens with one attached hydrogen (secondary N) is 1. The van der Waals surface area contributed by atoms with E-state index in [1.807, 2.05) is 29.6 Å². The fourth-order valence-corrected chi connectivity index (χ4v) is 6.01. The molecule has 0 bridgehead atoms. The van der Waals surface area contributed by atoms with Crippen molar-refractivity contribution >= 4 is 39.4 Å². The van der Waals surface area contributed by atoms with Gasteiger partial charge in [-0.3, -0.25) is 9.59 Å². The number of hydrogen-bond donors (Lipinski definition) is 2. The van der Waals surface area contributed by atoms with Crippen molar-refractivity contribution in [1.82, 2.24) is 19.9 Å². The number of hydrogen-bond acceptors (Lipinski definition) is 6. The lowest BCUT2D eigenvalue weighted by atomic mass is 9.91. The highest BCUT2D eigenvalue weighted by Crippen LogP contribution is 2.34. The van der Waals surface area contributed by atoms with Crippen LogP contribution in [-0.4, -0.2) is 64.5 Å². The first kappa shape index (κ1) is 25.2. The Balaban J connectivity index is 1.02. The van der Waals surface area contributed by atoms with Crippen LogP contribution >= 0.6 is 0 Å². The van der Waals surface area contributed by atoms with Crippen molar-refractivity contribution in [2.24, 2.45) is 17.6 Å². The molecule has 1 aromatic carbocycles. The summed E-state index contributed by atoms with van der Waals surface area (Å²) in [5.41, 5.74) is 8.76. The summed E-state index contributed by atoms with van der Waals surface area (Å²) in [6.45, 7) is 3.98. The van der Waals surface area contributed by atoms with Crippen LogP contribution in [0.5, 0.6) is 5.75 Å². The lowest BCUT2D eigenvalue weighted by Gasteiger charge is -2.36. The molecule has 0 aliphatic carbocycles. The van der Waals surface area contributed by atoms with E-state index in [2.05, 4.69) is 25.9 Å². The Morgan fingerprint density at radius 1 is 1.00 bits per heavy atom. The smallest absolute Gasteiger partial charge is 0.248 e. The summed E-state index contributed by atoms with van der Waals surface area (Å²) in [7, 11) is 0. The lowest BCUT2D eigenvalue weighted by molar-refractivity contribution is -0.134. The number of H-pyrrole nitrogens is 1. The zero-order valence-corrected chi connectivity index (χ0v) is 22.0. The summed E-state index contributed by atoms with van der Waals surface area (Å²) in [4.78, 5) is 41.1. The van der Waals surface area contributed by atoms with Crippen LogP contribution in [0.2, 0.25) is 0 Å². The molecule has 0 saturated carbocycles. The number of piperidine rings is 2. The quantitative estimate of drug-likeness (QED) is 0.374. The van der Waals surface area contributed by atoms with Crippen LogP contribution in [-0.2, 0) is 4.79 Å². The van der Waals surface area contributed by atoms with E-state index in [-0.39, 0.29) is 5.91 Å². The SMILES string of the molecule is NC(=O)c1ccc(OCC2CCCN(C(=O)CC3CCN(c4cc[nH]c5cnc6nccc6c45)CC3)C2)cc1. The number of carbonyl (C=O) groups excluding carboxylic acids is 2. The number of aromatic nitrogens is 3. The van der Waals surface area contributed by atoms with E-state index in [0.29, 0.717) is 36.2 Å². The van der Waals surface area contributed by atoms with Crippen molar-refractivity contribution in [2.75, 3.05) is 37.7 Å². The summed E-state index contributed by atoms with van der Waals surface area (Å²) in [5, 5.41) is 2.24. The van der Waals surface area contributed by atoms with Crippen molar-refractivity contribution in [3.05, 3.63) is 60.6 Å². The number of anilines is 1. The molecular formula is C30H34N6O3. The highest BCUT2D eigenvalue weighted by atomic mass is 16.5. The van der Waals surface area contributed by atoms with Gasteiger partial charge in [-0.2, -0.15) is 0 Å². The molecule has 39 heavy (non-hydrogen) atoms. The molecule has 9 nitrogen and oxygen atoms in total. The van der Waals surface area contributed by atoms with Gasteiger partial charge in [0.05, 0.1) is 18.3 Å². The molecule has 3 aromatic heterocycles. The number of benzene rings is 1. The summed E-state index contributed by atoms with van der Waals surface area (Å²) in [6.07, 6.45) is 10.3. The molecule has 3 N–H and O–H groups in total. The first-order valence-electron chi connectivity index (χ1n) is 13.8. The summed E-state index contributed by atoms with van der Waals surface area (Å²) >= 11 is 0. The third-order valence-electron chi connectivity index (χ3n) is 8.18. The maximum absolute atomic E-state index is 13.2. The predicted octanol–water partition coefficient (Wildman–Crippen LogP) is 4.13. The minimum Gasteiger partial charge on any atom is -0.493 e. The zero-order chi connectivity index (χ0) is 26.8. The van der Waals surface area contributed by atoms with Gasteiger partial charge in [0.15, 0.2) is 5.65 Å². The average molecular weight is 527 g/mol. The first-order chi connectivity index (χ1) is 19.0. The summed E-state index contributed by atoms with van der Waals surface area (Å²) in [6, 6.07) is 11.1. The number of pyridine rings is 2. The van der Waals surface area contributed by atoms with E-state index >= 15 is 0 Å². The van der Waals surface area contributed by atoms with Crippen molar-refractivity contribution in [3.8, 4) is 5.75 Å². The van der Waals surface area contributed by atoms with Gasteiger partial charge < -0.3 is 25.3 Å². The van der Waals surface area contributed by atoms with Gasteiger partial charge in [-0.15, -0.1) is 0 Å². The Hall–Kier alpha value is -4.14. The molecule has 1 atom stereocenters. The molecule has 0 spiro atoms. The van der Waals surface area contributed by atoms with Gasteiger partial charge >= 0.3 is 0 Å². The number of nitrogens with two attached hydrogens (primary N) is 1. The zero-order valence-electron chi connectivity index (χ0n) is 22.0. The molecule has 6 rings (SSSR count). The number of rotatable bonds is 7. The highest BCUT2D eigenvalue weighted by Gasteiger charge is 2.28. The van der Waals surface area contributed by atoms with Gasteiger partial charge in [0, 0.05) is 72.9 Å². The minimum atomic E-state index is -0.449. The highest BCUT2D eigenvalue weighted by molar-refractivity contribution is 6.10. The Bertz CT molecular complexity index is 1480. The third-order valence-corrected chi connectivity index (χ3v) is 8.18. The van der Waals surface area contributed by atoms with Crippen LogP contribution in [0.25, 0.3) is 21.9 Å². The Morgan fingerprint density at radius 2 is 1.82 bits per heavy atom. The van der Waals surface area contributed by atoms with E-state index < -0.39 is 5.91 Å². The van der Waals surface area contributed by atoms with Gasteiger partial charge in [0.1, 0.15) is 5.75 Å². The normalized spacial score (nSPS) is 18.5. The molecule has 1 unspecified atom stereocenters. The van der Waals surface area contributed by atoms with E-state index in [4.69, 9.17) is 10.5 Å². The first-order valence-corrected chi connectivity index (χ1v) is 13.8. The van der Waals surface area contributed by atoms with Crippen LogP contribution in [0, 0.1) is 11.8 Å². The Labute approximate surface area is 227 Å². The second-order valence-corrected chi connectivity index (χ2v) is 10.8. The number of fused-ring (bicyclic) bond motifs is 3. The molecule has 5 heterocycles. The topological polar surface area (TPSA) is 117 Å². The van der Waals surface area contributed by atoms with E-state index in [1.54, 1.807) is 24.3 Å². The molecule has 2 saturated heterocycles. The number of nitrogens with zero attached hydrogens (tertiary/aromatic N) is 4. The van der Waals surface area contributed by atoms with Gasteiger partial charge in [-0.1, -0.05) is 0 Å². The fraction of sp³-hybridized carbons (Fsp3) is 0.400. The predicted molar refractivity (Wildman–Crippen MR) is 151 cm³/mol. The molecule has 0 radical (unpaired) electrons. The van der Waals surface area contributed by atoms with Gasteiger partial charge in [0.25, 0.3) is 0 Å². The van der Waals surface area contributed by atoms with Crippen molar-refractivity contribution in [3.63, 3.8) is 0 Å². The maximum Gasteiger partial charge on any atom is 0.248 e. The monoisotopic (exact) mass is 526 g/mol. The average Bonchev–Trinajstić information content (AvgIpc) is 3.46. The fourth-order valence-electron chi connectivity index (χ4n) is 6.01. The molecule has 2 amide bonds. The van der Waals surface area contributed by atoms with Crippen LogP contribution in [0.1, 0.15) is 42.5 Å². The number of likely N-dealkylation sites (tertiary alicyclic amines) is 1. The third kappa shape index (κ3) is 5.39. The van der Waals surface area contributed by atoms with Gasteiger partial charge in [-0.05, 0) is 68.0 Å². The standard InChI is InChI=1S/C30H34N6O3/c31-29(38)22-3-5-23(6-4-22)39-19-21-2-1-13-36(18-21)27(37)16-20-9-14-35(15-10-20)26-8-12-32-25-17-34-30-24(28(25)26)7-11-33-30/h3-8,11-12,17,20-21,32H,1-2,9-10,13-16,18-19H2,(H2,31,38). The number of aromatic amines is 1. The molecule has 4 aromatic rings. The Morgan fingerprint density at radius 3 is 2.62 bits per heavy atom. The number of amides is 2. The maximum atomic E-state index is 13.2. The van der Waals surface area contributed by atoms with Crippen LogP contribution in [0.4, 0.5) is 5.69 Å². The van der Waals surface area contributed by atoms with Crippen molar-refractivity contribution in [1.29, 1.82) is 0 Å². The summed E-state index contributed by atoms with van der Waals surface area (Å²) < 4.78 is 5.96. The Kier molecular flexibility index (Phi) is 7.04. The van der Waals surface area contributed by atoms with Crippen LogP contribution < -0.4 is 15.4 Å². The molecule has 2 fully saturated rings. The van der Waals surface area contributed by atoms with E-state index in [1.165, 1.54) is 11.1 Å². The van der Waals surface area contributed by atoms with Crippen LogP contribution in [0.3, 0.4) is 0 Å². The van der Waals surface area contributed by atoms with E-state index in [0.717, 1.165) is 68.4 Å². The molecule has 2 aliphatic heterocycles. The number of primary amides is 1. The number of carbonyl (C=O) groups is 2. The second-order valence-electron chi connectivity index (χ2n) is 10.8. The van der Waals surface area contributed by atoms with Crippen molar-refractivity contribution in [2.45, 2.75) is 32.1 Å². The largest absolute Gasteiger partial charge is 0.493 e. The molecule has 2 aliphatic rings. The van der Waals surface area contributed by atoms with Crippen LogP contribution in [0.15, 0.2) is 55.0 Å². The number of ether oxygens (including phenoxy) is 1. The molecule has 202 valence electrons. The summed E-state index contributed by atoms with van der Waals surface area (Å²) in [5.74, 6) is 1.24. The van der Waals surface area contributed by atoms with Crippen molar-refractivity contribution < 1.29 is 14.3 Å².